The molecule has 0 aliphatic heterocycles. The van der Waals surface area contributed by atoms with Crippen molar-refractivity contribution in [3.05, 3.63) is 29.6 Å². The molecule has 2 aromatic rings. The molecular formula is C18H21N3O3S. The first-order valence-electron chi connectivity index (χ1n) is 8.54. The Morgan fingerprint density at radius 2 is 2.00 bits per heavy atom. The van der Waals surface area contributed by atoms with E-state index in [1.807, 2.05) is 0 Å². The van der Waals surface area contributed by atoms with Gasteiger partial charge in [0.15, 0.2) is 10.9 Å². The summed E-state index contributed by atoms with van der Waals surface area (Å²) in [7, 11) is 3.15. The van der Waals surface area contributed by atoms with Crippen LogP contribution >= 0.6 is 11.8 Å². The maximum Gasteiger partial charge on any atom is 0.191 e. The second-order valence-electron chi connectivity index (χ2n) is 6.49. The van der Waals surface area contributed by atoms with Crippen molar-refractivity contribution in [2.24, 2.45) is 0 Å². The largest absolute Gasteiger partial charge is 0.497 e. The van der Waals surface area contributed by atoms with E-state index in [2.05, 4.69) is 14.8 Å². The summed E-state index contributed by atoms with van der Waals surface area (Å²) in [6.45, 7) is 0. The van der Waals surface area contributed by atoms with E-state index < -0.39 is 0 Å². The van der Waals surface area contributed by atoms with E-state index in [9.17, 15) is 4.79 Å². The highest BCUT2D eigenvalue weighted by atomic mass is 32.2. The fourth-order valence-electron chi connectivity index (χ4n) is 2.92. The lowest BCUT2D eigenvalue weighted by molar-refractivity contribution is 0.101. The molecule has 2 fully saturated rings. The number of methoxy groups -OCH3 is 2. The zero-order valence-electron chi connectivity index (χ0n) is 14.4. The Balaban J connectivity index is 1.49. The van der Waals surface area contributed by atoms with Crippen LogP contribution in [0.4, 0.5) is 0 Å². The highest BCUT2D eigenvalue weighted by molar-refractivity contribution is 7.99. The van der Waals surface area contributed by atoms with E-state index in [0.717, 1.165) is 11.0 Å². The molecule has 4 rings (SSSR count). The summed E-state index contributed by atoms with van der Waals surface area (Å²) in [5.74, 6) is 3.22. The zero-order chi connectivity index (χ0) is 17.4. The molecule has 25 heavy (non-hydrogen) atoms. The molecule has 2 aliphatic rings. The van der Waals surface area contributed by atoms with Gasteiger partial charge in [-0.15, -0.1) is 10.2 Å². The molecule has 0 N–H and O–H groups in total. The summed E-state index contributed by atoms with van der Waals surface area (Å²) in [5, 5.41) is 9.60. The van der Waals surface area contributed by atoms with Crippen LogP contribution < -0.4 is 9.47 Å². The minimum absolute atomic E-state index is 0.0165. The number of benzene rings is 1. The molecule has 0 radical (unpaired) electrons. The molecule has 132 valence electrons. The van der Waals surface area contributed by atoms with Crippen LogP contribution in [0.25, 0.3) is 0 Å². The third kappa shape index (κ3) is 3.38. The fraction of sp³-hybridized carbons (Fsp3) is 0.500. The van der Waals surface area contributed by atoms with Gasteiger partial charge in [0.05, 0.1) is 25.5 Å². The average Bonchev–Trinajstić information content (AvgIpc) is 3.57. The van der Waals surface area contributed by atoms with E-state index in [1.54, 1.807) is 32.4 Å². The lowest BCUT2D eigenvalue weighted by Gasteiger charge is -2.10. The van der Waals surface area contributed by atoms with Crippen LogP contribution in [0.15, 0.2) is 23.4 Å². The van der Waals surface area contributed by atoms with Crippen molar-refractivity contribution in [3.63, 3.8) is 0 Å². The number of ether oxygens (including phenoxy) is 2. The Bertz CT molecular complexity index is 797. The van der Waals surface area contributed by atoms with Gasteiger partial charge < -0.3 is 14.0 Å². The topological polar surface area (TPSA) is 66.2 Å². The first-order valence-corrected chi connectivity index (χ1v) is 9.52. The van der Waals surface area contributed by atoms with Crippen molar-refractivity contribution >= 4 is 17.5 Å². The van der Waals surface area contributed by atoms with Gasteiger partial charge in [0.1, 0.15) is 17.3 Å². The van der Waals surface area contributed by atoms with E-state index in [0.29, 0.717) is 34.8 Å². The van der Waals surface area contributed by atoms with Crippen molar-refractivity contribution in [3.8, 4) is 11.5 Å². The molecule has 1 heterocycles. The van der Waals surface area contributed by atoms with Gasteiger partial charge in [-0.2, -0.15) is 0 Å². The third-order valence-electron chi connectivity index (χ3n) is 4.59. The summed E-state index contributed by atoms with van der Waals surface area (Å²) in [6, 6.07) is 5.79. The number of hydrogen-bond acceptors (Lipinski definition) is 6. The number of carbonyl (C=O) groups excluding carboxylic acids is 1. The number of carbonyl (C=O) groups is 1. The number of ketones is 1. The average molecular weight is 359 g/mol. The van der Waals surface area contributed by atoms with E-state index in [1.165, 1.54) is 37.4 Å². The van der Waals surface area contributed by atoms with Crippen molar-refractivity contribution in [2.45, 2.75) is 42.8 Å². The minimum atomic E-state index is 0.0165. The number of nitrogens with zero attached hydrogens (tertiary/aromatic N) is 3. The second-order valence-corrected chi connectivity index (χ2v) is 7.44. The first kappa shape index (κ1) is 16.4. The molecule has 6 nitrogen and oxygen atoms in total. The summed E-state index contributed by atoms with van der Waals surface area (Å²) >= 11 is 1.47. The molecule has 1 aromatic heterocycles. The molecule has 0 bridgehead atoms. The maximum atomic E-state index is 12.6. The van der Waals surface area contributed by atoms with Crippen LogP contribution in [0.2, 0.25) is 0 Å². The molecule has 0 unspecified atom stereocenters. The Morgan fingerprint density at radius 3 is 2.64 bits per heavy atom. The molecule has 2 aliphatic carbocycles. The normalized spacial score (nSPS) is 16.7. The molecule has 2 saturated carbocycles. The summed E-state index contributed by atoms with van der Waals surface area (Å²) in [5.41, 5.74) is 0.565. The van der Waals surface area contributed by atoms with Crippen LogP contribution in [0.3, 0.4) is 0 Å². The highest BCUT2D eigenvalue weighted by Gasteiger charge is 2.36. The van der Waals surface area contributed by atoms with E-state index >= 15 is 0 Å². The van der Waals surface area contributed by atoms with Crippen LogP contribution in [0, 0.1) is 0 Å². The van der Waals surface area contributed by atoms with Gasteiger partial charge in [-0.3, -0.25) is 4.79 Å². The fourth-order valence-corrected chi connectivity index (χ4v) is 3.82. The molecule has 7 heteroatoms. The lowest BCUT2D eigenvalue weighted by Crippen LogP contribution is -2.07. The van der Waals surface area contributed by atoms with Gasteiger partial charge >= 0.3 is 0 Å². The Labute approximate surface area is 150 Å². The SMILES string of the molecule is COc1ccc(C(=O)CSc2nnc(C3CC3)n2C2CC2)c(OC)c1. The van der Waals surface area contributed by atoms with E-state index in [-0.39, 0.29) is 5.78 Å². The number of thioether (sulfide) groups is 1. The van der Waals surface area contributed by atoms with Crippen LogP contribution in [0.5, 0.6) is 11.5 Å². The standard InChI is InChI=1S/C18H21N3O3S/c1-23-13-7-8-14(16(9-13)24-2)15(22)10-25-18-20-19-17(11-3-4-11)21(18)12-5-6-12/h7-9,11-12H,3-6,10H2,1-2H3. The molecule has 0 spiro atoms. The van der Waals surface area contributed by atoms with Gasteiger partial charge in [0.25, 0.3) is 0 Å². The minimum Gasteiger partial charge on any atom is -0.497 e. The Kier molecular flexibility index (Phi) is 4.41. The first-order chi connectivity index (χ1) is 12.2. The monoisotopic (exact) mass is 359 g/mol. The van der Waals surface area contributed by atoms with Crippen LogP contribution in [0.1, 0.15) is 53.8 Å². The predicted molar refractivity (Wildman–Crippen MR) is 94.9 cm³/mol. The number of rotatable bonds is 8. The molecular weight excluding hydrogens is 338 g/mol. The van der Waals surface area contributed by atoms with Gasteiger partial charge in [-0.1, -0.05) is 11.8 Å². The maximum absolute atomic E-state index is 12.6. The smallest absolute Gasteiger partial charge is 0.191 e. The molecule has 0 amide bonds. The second kappa shape index (κ2) is 6.71. The molecule has 0 saturated heterocycles. The Hall–Kier alpha value is -2.02. The van der Waals surface area contributed by atoms with Crippen molar-refractivity contribution in [1.29, 1.82) is 0 Å². The summed E-state index contributed by atoms with van der Waals surface area (Å²) < 4.78 is 12.8. The quantitative estimate of drug-likeness (QED) is 0.531. The molecule has 0 atom stereocenters. The number of hydrogen-bond donors (Lipinski definition) is 0. The highest BCUT2D eigenvalue weighted by Crippen LogP contribution is 2.46. The summed E-state index contributed by atoms with van der Waals surface area (Å²) in [6.07, 6.45) is 4.78. The van der Waals surface area contributed by atoms with Gasteiger partial charge in [0.2, 0.25) is 0 Å². The summed E-state index contributed by atoms with van der Waals surface area (Å²) in [4.78, 5) is 12.6. The zero-order valence-corrected chi connectivity index (χ0v) is 15.2. The van der Waals surface area contributed by atoms with Crippen LogP contribution in [-0.4, -0.2) is 40.5 Å². The van der Waals surface area contributed by atoms with Crippen molar-refractivity contribution in [2.75, 3.05) is 20.0 Å². The van der Waals surface area contributed by atoms with Crippen LogP contribution in [-0.2, 0) is 0 Å². The van der Waals surface area contributed by atoms with Gasteiger partial charge in [-0.25, -0.2) is 0 Å². The van der Waals surface area contributed by atoms with E-state index in [4.69, 9.17) is 9.47 Å². The Morgan fingerprint density at radius 1 is 1.20 bits per heavy atom. The third-order valence-corrected chi connectivity index (χ3v) is 5.53. The lowest BCUT2D eigenvalue weighted by atomic mass is 10.1. The van der Waals surface area contributed by atoms with Gasteiger partial charge in [-0.05, 0) is 37.8 Å². The number of aromatic nitrogens is 3. The predicted octanol–water partition coefficient (Wildman–Crippen LogP) is 3.48. The van der Waals surface area contributed by atoms with Gasteiger partial charge in [0, 0.05) is 18.0 Å². The molecule has 1 aromatic carbocycles. The van der Waals surface area contributed by atoms with Crippen molar-refractivity contribution in [1.82, 2.24) is 14.8 Å². The number of Topliss-reactive ketones (excluding diaryl/α,β-unsaturated/α-hetero) is 1. The van der Waals surface area contributed by atoms with Crippen molar-refractivity contribution < 1.29 is 14.3 Å².